The summed E-state index contributed by atoms with van der Waals surface area (Å²) in [4.78, 5) is 17.5. The van der Waals surface area contributed by atoms with Crippen LogP contribution in [-0.4, -0.2) is 48.7 Å². The molecule has 27 heavy (non-hydrogen) atoms. The summed E-state index contributed by atoms with van der Waals surface area (Å²) in [5.41, 5.74) is 3.81. The molecule has 2 aromatic rings. The predicted octanol–water partition coefficient (Wildman–Crippen LogP) is 2.79. The van der Waals surface area contributed by atoms with E-state index in [-0.39, 0.29) is 5.92 Å². The van der Waals surface area contributed by atoms with Crippen molar-refractivity contribution in [1.82, 2.24) is 9.80 Å². The molecule has 0 spiro atoms. The van der Waals surface area contributed by atoms with E-state index >= 15 is 0 Å². The monoisotopic (exact) mass is 364 g/mol. The molecule has 0 aromatic heterocycles. The third-order valence-corrected chi connectivity index (χ3v) is 5.96. The van der Waals surface area contributed by atoms with Gasteiger partial charge in [-0.15, -0.1) is 0 Å². The van der Waals surface area contributed by atoms with E-state index in [0.717, 1.165) is 57.1 Å². The highest BCUT2D eigenvalue weighted by Crippen LogP contribution is 2.35. The molecule has 0 N–H and O–H groups in total. The van der Waals surface area contributed by atoms with Gasteiger partial charge in [-0.3, -0.25) is 9.69 Å². The van der Waals surface area contributed by atoms with E-state index in [2.05, 4.69) is 40.1 Å². The van der Waals surface area contributed by atoms with Gasteiger partial charge in [-0.05, 0) is 41.7 Å². The van der Waals surface area contributed by atoms with Crippen LogP contribution in [0.15, 0.2) is 42.5 Å². The van der Waals surface area contributed by atoms with Crippen molar-refractivity contribution in [3.63, 3.8) is 0 Å². The van der Waals surface area contributed by atoms with Gasteiger partial charge in [0, 0.05) is 32.7 Å². The van der Waals surface area contributed by atoms with Gasteiger partial charge in [0.25, 0.3) is 0 Å². The Hall–Kier alpha value is -2.53. The molecule has 5 rings (SSSR count). The highest BCUT2D eigenvalue weighted by atomic mass is 16.7. The first-order valence-electron chi connectivity index (χ1n) is 9.75. The van der Waals surface area contributed by atoms with E-state index in [1.165, 1.54) is 16.7 Å². The summed E-state index contributed by atoms with van der Waals surface area (Å²) in [6.45, 7) is 4.63. The summed E-state index contributed by atoms with van der Waals surface area (Å²) in [6, 6.07) is 14.5. The van der Waals surface area contributed by atoms with Crippen molar-refractivity contribution in [1.29, 1.82) is 0 Å². The molecule has 3 aliphatic rings. The number of rotatable bonds is 3. The van der Waals surface area contributed by atoms with Crippen molar-refractivity contribution in [2.75, 3.05) is 33.0 Å². The van der Waals surface area contributed by atoms with Gasteiger partial charge < -0.3 is 14.4 Å². The molecular weight excluding hydrogens is 340 g/mol. The summed E-state index contributed by atoms with van der Waals surface area (Å²) >= 11 is 0. The molecule has 5 heteroatoms. The molecule has 140 valence electrons. The van der Waals surface area contributed by atoms with Gasteiger partial charge >= 0.3 is 0 Å². The SMILES string of the molecule is O=C([C@@H]1CCc2ccccc21)N1CCN(Cc2ccc3c(c2)OCO3)CC1. The second kappa shape index (κ2) is 6.89. The van der Waals surface area contributed by atoms with Crippen LogP contribution in [0.2, 0.25) is 0 Å². The van der Waals surface area contributed by atoms with Gasteiger partial charge in [0.2, 0.25) is 12.7 Å². The third-order valence-electron chi connectivity index (χ3n) is 5.96. The van der Waals surface area contributed by atoms with Crippen molar-refractivity contribution in [3.8, 4) is 11.5 Å². The average Bonchev–Trinajstić information content (AvgIpc) is 3.34. The Balaban J connectivity index is 1.19. The van der Waals surface area contributed by atoms with Crippen molar-refractivity contribution in [3.05, 3.63) is 59.2 Å². The standard InChI is InChI=1S/C22H24N2O3/c25-22(19-7-6-17-3-1-2-4-18(17)19)24-11-9-23(10-12-24)14-16-5-8-20-21(13-16)27-15-26-20/h1-5,8,13,19H,6-7,9-12,14-15H2/t19-/m1/s1. The molecule has 2 aliphatic heterocycles. The fraction of sp³-hybridized carbons (Fsp3) is 0.409. The molecule has 1 amide bonds. The minimum atomic E-state index is 0.0570. The number of benzene rings is 2. The fourth-order valence-electron chi connectivity index (χ4n) is 4.46. The maximum absolute atomic E-state index is 13.0. The first-order valence-corrected chi connectivity index (χ1v) is 9.75. The van der Waals surface area contributed by atoms with Gasteiger partial charge in [0.1, 0.15) is 0 Å². The number of nitrogens with zero attached hydrogens (tertiary/aromatic N) is 2. The number of carbonyl (C=O) groups is 1. The molecule has 0 radical (unpaired) electrons. The maximum Gasteiger partial charge on any atom is 0.231 e. The highest BCUT2D eigenvalue weighted by molar-refractivity contribution is 5.85. The van der Waals surface area contributed by atoms with E-state index < -0.39 is 0 Å². The van der Waals surface area contributed by atoms with Gasteiger partial charge in [-0.25, -0.2) is 0 Å². The molecular formula is C22H24N2O3. The smallest absolute Gasteiger partial charge is 0.231 e. The van der Waals surface area contributed by atoms with Gasteiger partial charge in [-0.1, -0.05) is 30.3 Å². The summed E-state index contributed by atoms with van der Waals surface area (Å²) < 4.78 is 10.8. The van der Waals surface area contributed by atoms with Crippen LogP contribution in [-0.2, 0) is 17.8 Å². The number of hydrogen-bond donors (Lipinski definition) is 0. The third kappa shape index (κ3) is 3.16. The molecule has 1 fully saturated rings. The minimum absolute atomic E-state index is 0.0570. The van der Waals surface area contributed by atoms with Crippen LogP contribution in [0.1, 0.15) is 29.0 Å². The van der Waals surface area contributed by atoms with E-state index in [0.29, 0.717) is 12.7 Å². The summed E-state index contributed by atoms with van der Waals surface area (Å²) in [5.74, 6) is 2.02. The van der Waals surface area contributed by atoms with E-state index in [1.807, 2.05) is 12.1 Å². The number of amides is 1. The second-order valence-electron chi connectivity index (χ2n) is 7.58. The summed E-state index contributed by atoms with van der Waals surface area (Å²) in [6.07, 6.45) is 1.98. The van der Waals surface area contributed by atoms with Crippen molar-refractivity contribution in [2.24, 2.45) is 0 Å². The summed E-state index contributed by atoms with van der Waals surface area (Å²) in [5, 5.41) is 0. The highest BCUT2D eigenvalue weighted by Gasteiger charge is 2.32. The Morgan fingerprint density at radius 1 is 1.00 bits per heavy atom. The molecule has 1 saturated heterocycles. The molecule has 2 aromatic carbocycles. The van der Waals surface area contributed by atoms with Crippen molar-refractivity contribution >= 4 is 5.91 Å². The summed E-state index contributed by atoms with van der Waals surface area (Å²) in [7, 11) is 0. The molecule has 1 atom stereocenters. The van der Waals surface area contributed by atoms with Crippen LogP contribution in [0.4, 0.5) is 0 Å². The molecule has 0 unspecified atom stereocenters. The van der Waals surface area contributed by atoms with Gasteiger partial charge in [0.05, 0.1) is 5.92 Å². The maximum atomic E-state index is 13.0. The van der Waals surface area contributed by atoms with Crippen LogP contribution >= 0.6 is 0 Å². The lowest BCUT2D eigenvalue weighted by molar-refractivity contribution is -0.134. The number of carbonyl (C=O) groups excluding carboxylic acids is 1. The van der Waals surface area contributed by atoms with E-state index in [9.17, 15) is 4.79 Å². The fourth-order valence-corrected chi connectivity index (χ4v) is 4.46. The first kappa shape index (κ1) is 16.6. The van der Waals surface area contributed by atoms with Gasteiger partial charge in [0.15, 0.2) is 11.5 Å². The lowest BCUT2D eigenvalue weighted by Gasteiger charge is -2.36. The van der Waals surface area contributed by atoms with E-state index in [1.54, 1.807) is 0 Å². The Kier molecular flexibility index (Phi) is 4.24. The molecule has 0 bridgehead atoms. The number of hydrogen-bond acceptors (Lipinski definition) is 4. The Morgan fingerprint density at radius 2 is 1.81 bits per heavy atom. The van der Waals surface area contributed by atoms with Gasteiger partial charge in [-0.2, -0.15) is 0 Å². The van der Waals surface area contributed by atoms with E-state index in [4.69, 9.17) is 9.47 Å². The minimum Gasteiger partial charge on any atom is -0.454 e. The first-order chi connectivity index (χ1) is 13.3. The molecule has 5 nitrogen and oxygen atoms in total. The van der Waals surface area contributed by atoms with Crippen LogP contribution in [0, 0.1) is 0 Å². The van der Waals surface area contributed by atoms with Crippen molar-refractivity contribution in [2.45, 2.75) is 25.3 Å². The number of piperazine rings is 1. The largest absolute Gasteiger partial charge is 0.454 e. The van der Waals surface area contributed by atoms with Crippen LogP contribution in [0.25, 0.3) is 0 Å². The second-order valence-corrected chi connectivity index (χ2v) is 7.58. The van der Waals surface area contributed by atoms with Crippen LogP contribution in [0.3, 0.4) is 0 Å². The van der Waals surface area contributed by atoms with Crippen LogP contribution < -0.4 is 9.47 Å². The van der Waals surface area contributed by atoms with Crippen molar-refractivity contribution < 1.29 is 14.3 Å². The number of aryl methyl sites for hydroxylation is 1. The Labute approximate surface area is 159 Å². The zero-order valence-corrected chi connectivity index (χ0v) is 15.4. The molecule has 0 saturated carbocycles. The topological polar surface area (TPSA) is 42.0 Å². The normalized spacial score (nSPS) is 21.3. The molecule has 2 heterocycles. The predicted molar refractivity (Wildman–Crippen MR) is 102 cm³/mol. The quantitative estimate of drug-likeness (QED) is 0.840. The zero-order valence-electron chi connectivity index (χ0n) is 15.4. The number of ether oxygens (including phenoxy) is 2. The average molecular weight is 364 g/mol. The lowest BCUT2D eigenvalue weighted by Crippen LogP contribution is -2.49. The van der Waals surface area contributed by atoms with Crippen LogP contribution in [0.5, 0.6) is 11.5 Å². The Bertz CT molecular complexity index is 858. The Morgan fingerprint density at radius 3 is 2.70 bits per heavy atom. The lowest BCUT2D eigenvalue weighted by atomic mass is 9.99. The number of fused-ring (bicyclic) bond motifs is 2. The zero-order chi connectivity index (χ0) is 18.2. The molecule has 1 aliphatic carbocycles.